The highest BCUT2D eigenvalue weighted by molar-refractivity contribution is 7.71. The Morgan fingerprint density at radius 2 is 1.94 bits per heavy atom. The number of aromatic nitrogens is 3. The van der Waals surface area contributed by atoms with E-state index in [2.05, 4.69) is 34.2 Å². The van der Waals surface area contributed by atoms with Gasteiger partial charge in [-0.1, -0.05) is 49.5 Å². The van der Waals surface area contributed by atoms with E-state index in [9.17, 15) is 0 Å². The summed E-state index contributed by atoms with van der Waals surface area (Å²) < 4.78 is 0.576. The molecule has 1 N–H and O–H groups in total. The summed E-state index contributed by atoms with van der Waals surface area (Å²) in [7, 11) is 0. The molecule has 4 heteroatoms. The molecule has 2 aromatic rings. The van der Waals surface area contributed by atoms with Crippen molar-refractivity contribution in [2.24, 2.45) is 0 Å². The molecule has 0 saturated carbocycles. The van der Waals surface area contributed by atoms with E-state index in [-0.39, 0.29) is 5.92 Å². The fourth-order valence-electron chi connectivity index (χ4n) is 1.61. The Kier molecular flexibility index (Phi) is 3.10. The van der Waals surface area contributed by atoms with Crippen molar-refractivity contribution in [1.29, 1.82) is 0 Å². The number of hydrogen-bond acceptors (Lipinski definition) is 3. The number of benzene rings is 1. The summed E-state index contributed by atoms with van der Waals surface area (Å²) in [6.45, 7) is 3.93. The SMILES string of the molecule is Cc1nc(=S)c(C(C)c2ccccc2)n[nH]1. The first-order valence-corrected chi connectivity index (χ1v) is 5.57. The van der Waals surface area contributed by atoms with Crippen LogP contribution in [0.3, 0.4) is 0 Å². The van der Waals surface area contributed by atoms with Gasteiger partial charge in [0, 0.05) is 5.92 Å². The van der Waals surface area contributed by atoms with Crippen LogP contribution in [-0.2, 0) is 0 Å². The van der Waals surface area contributed by atoms with Gasteiger partial charge in [0.05, 0.1) is 0 Å². The zero-order valence-electron chi connectivity index (χ0n) is 9.27. The highest BCUT2D eigenvalue weighted by Crippen LogP contribution is 2.21. The van der Waals surface area contributed by atoms with Gasteiger partial charge in [0.2, 0.25) is 0 Å². The summed E-state index contributed by atoms with van der Waals surface area (Å²) in [5.74, 6) is 0.909. The van der Waals surface area contributed by atoms with E-state index >= 15 is 0 Å². The van der Waals surface area contributed by atoms with E-state index in [0.29, 0.717) is 4.64 Å². The predicted octanol–water partition coefficient (Wildman–Crippen LogP) is 2.99. The van der Waals surface area contributed by atoms with Crippen LogP contribution in [0, 0.1) is 11.6 Å². The third kappa shape index (κ3) is 2.17. The van der Waals surface area contributed by atoms with Gasteiger partial charge in [0.15, 0.2) is 4.64 Å². The summed E-state index contributed by atoms with van der Waals surface area (Å²) in [4.78, 5) is 4.22. The van der Waals surface area contributed by atoms with Gasteiger partial charge < -0.3 is 0 Å². The molecule has 0 saturated heterocycles. The Morgan fingerprint density at radius 1 is 1.25 bits per heavy atom. The van der Waals surface area contributed by atoms with E-state index in [0.717, 1.165) is 11.5 Å². The van der Waals surface area contributed by atoms with Gasteiger partial charge in [-0.15, -0.1) is 0 Å². The average Bonchev–Trinajstić information content (AvgIpc) is 2.29. The molecule has 1 unspecified atom stereocenters. The van der Waals surface area contributed by atoms with Gasteiger partial charge in [-0.05, 0) is 12.5 Å². The number of H-pyrrole nitrogens is 1. The molecule has 1 aromatic carbocycles. The average molecular weight is 231 g/mol. The molecule has 0 amide bonds. The van der Waals surface area contributed by atoms with Crippen LogP contribution >= 0.6 is 12.2 Å². The van der Waals surface area contributed by atoms with Crippen molar-refractivity contribution in [2.45, 2.75) is 19.8 Å². The lowest BCUT2D eigenvalue weighted by atomic mass is 9.98. The summed E-state index contributed by atoms with van der Waals surface area (Å²) in [5.41, 5.74) is 2.02. The molecular formula is C12H13N3S. The minimum Gasteiger partial charge on any atom is -0.265 e. The molecule has 0 aliphatic rings. The molecule has 0 aliphatic carbocycles. The monoisotopic (exact) mass is 231 g/mol. The summed E-state index contributed by atoms with van der Waals surface area (Å²) in [6.07, 6.45) is 0. The Morgan fingerprint density at radius 3 is 2.56 bits per heavy atom. The molecule has 0 bridgehead atoms. The lowest BCUT2D eigenvalue weighted by molar-refractivity contribution is 0.773. The first-order chi connectivity index (χ1) is 7.68. The van der Waals surface area contributed by atoms with E-state index in [1.807, 2.05) is 25.1 Å². The quantitative estimate of drug-likeness (QED) is 0.808. The highest BCUT2D eigenvalue weighted by Gasteiger charge is 2.12. The standard InChI is InChI=1S/C12H13N3S/c1-8(10-6-4-3-5-7-10)11-12(16)13-9(2)14-15-11/h3-8H,1-2H3,(H,13,14,16). The third-order valence-electron chi connectivity index (χ3n) is 2.54. The second-order valence-corrected chi connectivity index (χ2v) is 4.13. The summed E-state index contributed by atoms with van der Waals surface area (Å²) in [6, 6.07) is 10.2. The van der Waals surface area contributed by atoms with Crippen LogP contribution in [0.15, 0.2) is 30.3 Å². The van der Waals surface area contributed by atoms with Gasteiger partial charge in [-0.2, -0.15) is 5.10 Å². The molecule has 0 aliphatic heterocycles. The lowest BCUT2D eigenvalue weighted by Gasteiger charge is -2.10. The third-order valence-corrected chi connectivity index (χ3v) is 2.84. The maximum Gasteiger partial charge on any atom is 0.152 e. The molecule has 0 fully saturated rings. The number of hydrogen-bond donors (Lipinski definition) is 1. The molecule has 0 radical (unpaired) electrons. The minimum absolute atomic E-state index is 0.165. The van der Waals surface area contributed by atoms with E-state index in [1.54, 1.807) is 0 Å². The van der Waals surface area contributed by atoms with Crippen LogP contribution in [0.2, 0.25) is 0 Å². The van der Waals surface area contributed by atoms with Crippen molar-refractivity contribution >= 4 is 12.2 Å². The largest absolute Gasteiger partial charge is 0.265 e. The molecule has 1 atom stereocenters. The Hall–Kier alpha value is -1.55. The van der Waals surface area contributed by atoms with Crippen molar-refractivity contribution in [3.63, 3.8) is 0 Å². The highest BCUT2D eigenvalue weighted by atomic mass is 32.1. The molecule has 2 rings (SSSR count). The number of rotatable bonds is 2. The maximum absolute atomic E-state index is 5.22. The van der Waals surface area contributed by atoms with Crippen LogP contribution in [0.1, 0.15) is 29.9 Å². The molecule has 1 aromatic heterocycles. The smallest absolute Gasteiger partial charge is 0.152 e. The number of aryl methyl sites for hydroxylation is 1. The van der Waals surface area contributed by atoms with Gasteiger partial charge in [0.1, 0.15) is 11.5 Å². The second-order valence-electron chi connectivity index (χ2n) is 3.74. The molecular weight excluding hydrogens is 218 g/mol. The first-order valence-electron chi connectivity index (χ1n) is 5.16. The zero-order valence-corrected chi connectivity index (χ0v) is 10.1. The summed E-state index contributed by atoms with van der Waals surface area (Å²) >= 11 is 5.22. The fraction of sp³-hybridized carbons (Fsp3) is 0.250. The molecule has 0 spiro atoms. The van der Waals surface area contributed by atoms with Crippen LogP contribution in [0.25, 0.3) is 0 Å². The van der Waals surface area contributed by atoms with E-state index in [1.165, 1.54) is 5.56 Å². The van der Waals surface area contributed by atoms with E-state index in [4.69, 9.17) is 12.2 Å². The van der Waals surface area contributed by atoms with Crippen molar-refractivity contribution < 1.29 is 0 Å². The predicted molar refractivity (Wildman–Crippen MR) is 65.9 cm³/mol. The maximum atomic E-state index is 5.22. The van der Waals surface area contributed by atoms with Crippen molar-refractivity contribution in [1.82, 2.24) is 15.2 Å². The van der Waals surface area contributed by atoms with Crippen LogP contribution in [0.4, 0.5) is 0 Å². The molecule has 1 heterocycles. The zero-order chi connectivity index (χ0) is 11.5. The lowest BCUT2D eigenvalue weighted by Crippen LogP contribution is -2.04. The summed E-state index contributed by atoms with van der Waals surface area (Å²) in [5, 5.41) is 7.13. The van der Waals surface area contributed by atoms with Crippen LogP contribution < -0.4 is 0 Å². The van der Waals surface area contributed by atoms with E-state index < -0.39 is 0 Å². The minimum atomic E-state index is 0.165. The topological polar surface area (TPSA) is 41.6 Å². The Labute approximate surface area is 99.6 Å². The number of nitrogens with one attached hydrogen (secondary N) is 1. The first kappa shape index (κ1) is 11.0. The van der Waals surface area contributed by atoms with Crippen LogP contribution in [0.5, 0.6) is 0 Å². The molecule has 3 nitrogen and oxygen atoms in total. The van der Waals surface area contributed by atoms with Gasteiger partial charge in [0.25, 0.3) is 0 Å². The Balaban J connectivity index is 2.42. The second kappa shape index (κ2) is 4.53. The van der Waals surface area contributed by atoms with Crippen molar-refractivity contribution in [2.75, 3.05) is 0 Å². The Bertz CT molecular complexity index is 533. The normalized spacial score (nSPS) is 12.4. The van der Waals surface area contributed by atoms with Gasteiger partial charge >= 0.3 is 0 Å². The van der Waals surface area contributed by atoms with Crippen LogP contribution in [-0.4, -0.2) is 15.2 Å². The van der Waals surface area contributed by atoms with Gasteiger partial charge in [-0.3, -0.25) is 5.10 Å². The van der Waals surface area contributed by atoms with Crippen molar-refractivity contribution in [3.05, 3.63) is 52.1 Å². The number of nitrogens with zero attached hydrogens (tertiary/aromatic N) is 2. The van der Waals surface area contributed by atoms with Gasteiger partial charge in [-0.25, -0.2) is 4.98 Å². The van der Waals surface area contributed by atoms with Crippen molar-refractivity contribution in [3.8, 4) is 0 Å². The molecule has 16 heavy (non-hydrogen) atoms. The number of aromatic amines is 1. The fourth-order valence-corrected chi connectivity index (χ4v) is 1.96. The molecule has 82 valence electrons.